The molecule has 10 heteroatoms. The summed E-state index contributed by atoms with van der Waals surface area (Å²) in [5.41, 5.74) is 4.10. The number of anilines is 1. The lowest BCUT2D eigenvalue weighted by Gasteiger charge is -2.15. The number of pyridine rings is 1. The summed E-state index contributed by atoms with van der Waals surface area (Å²) in [4.78, 5) is 1.98. The molecule has 200 valence electrons. The second kappa shape index (κ2) is 11.3. The van der Waals surface area contributed by atoms with Crippen LogP contribution in [-0.2, 0) is 10.0 Å². The Morgan fingerprint density at radius 2 is 1.65 bits per heavy atom. The summed E-state index contributed by atoms with van der Waals surface area (Å²) >= 11 is 5.99. The van der Waals surface area contributed by atoms with E-state index in [9.17, 15) is 13.7 Å². The molecule has 1 aromatic heterocycles. The summed E-state index contributed by atoms with van der Waals surface area (Å²) in [6.07, 6.45) is 3.52. The van der Waals surface area contributed by atoms with Gasteiger partial charge in [-0.25, -0.2) is 4.57 Å². The van der Waals surface area contributed by atoms with Crippen LogP contribution in [0, 0.1) is 11.3 Å². The number of halogens is 1. The highest BCUT2D eigenvalue weighted by Crippen LogP contribution is 2.29. The summed E-state index contributed by atoms with van der Waals surface area (Å²) in [5.74, 6) is -0.0379. The normalized spacial score (nSPS) is 15.4. The number of benzene rings is 3. The third-order valence-corrected chi connectivity index (χ3v) is 8.05. The molecule has 4 aromatic rings. The Morgan fingerprint density at radius 3 is 2.25 bits per heavy atom. The first-order valence-electron chi connectivity index (χ1n) is 12.5. The quantitative estimate of drug-likeness (QED) is 0.198. The number of aromatic nitrogens is 1. The van der Waals surface area contributed by atoms with E-state index >= 15 is 0 Å². The van der Waals surface area contributed by atoms with E-state index in [1.807, 2.05) is 73.6 Å². The number of hydrazone groups is 1. The molecule has 1 atom stereocenters. The van der Waals surface area contributed by atoms with Gasteiger partial charge in [0, 0.05) is 29.2 Å². The Kier molecular flexibility index (Phi) is 7.65. The van der Waals surface area contributed by atoms with Crippen molar-refractivity contribution in [2.24, 2.45) is 9.50 Å². The molecule has 40 heavy (non-hydrogen) atoms. The predicted octanol–water partition coefficient (Wildman–Crippen LogP) is 4.66. The summed E-state index contributed by atoms with van der Waals surface area (Å²) in [6, 6.07) is 28.9. The average molecular weight is 570 g/mol. The molecule has 1 unspecified atom stereocenters. The molecule has 5 rings (SSSR count). The molecule has 2 heterocycles. The van der Waals surface area contributed by atoms with Crippen molar-refractivity contribution in [3.63, 3.8) is 0 Å². The lowest BCUT2D eigenvalue weighted by atomic mass is 9.90. The molecular weight excluding hydrogens is 544 g/mol. The highest BCUT2D eigenvalue weighted by molar-refractivity contribution is 7.90. The van der Waals surface area contributed by atoms with Gasteiger partial charge in [-0.15, -0.1) is 10.1 Å². The van der Waals surface area contributed by atoms with E-state index in [-0.39, 0.29) is 16.8 Å². The maximum absolute atomic E-state index is 13.5. The van der Waals surface area contributed by atoms with Gasteiger partial charge >= 0.3 is 16.0 Å². The van der Waals surface area contributed by atoms with Gasteiger partial charge in [0.15, 0.2) is 0 Å². The third-order valence-electron chi connectivity index (χ3n) is 6.53. The first kappa shape index (κ1) is 27.1. The molecular formula is C30H26ClN6O2S+. The van der Waals surface area contributed by atoms with Gasteiger partial charge in [0.2, 0.25) is 0 Å². The van der Waals surface area contributed by atoms with Crippen molar-refractivity contribution in [1.29, 1.82) is 5.26 Å². The number of nitrogens with zero attached hydrogens (tertiary/aromatic N) is 6. The summed E-state index contributed by atoms with van der Waals surface area (Å²) in [7, 11) is -0.252. The molecule has 0 bridgehead atoms. The van der Waals surface area contributed by atoms with Gasteiger partial charge in [-0.3, -0.25) is 0 Å². The molecule has 0 N–H and O–H groups in total. The fourth-order valence-corrected chi connectivity index (χ4v) is 5.51. The Morgan fingerprint density at radius 1 is 1.00 bits per heavy atom. The minimum atomic E-state index is -4.11. The predicted molar refractivity (Wildman–Crippen MR) is 156 cm³/mol. The lowest BCUT2D eigenvalue weighted by molar-refractivity contribution is -0.565. The van der Waals surface area contributed by atoms with Gasteiger partial charge in [-0.2, -0.15) is 13.7 Å². The van der Waals surface area contributed by atoms with Crippen LogP contribution >= 0.6 is 11.6 Å². The molecule has 0 saturated heterocycles. The molecule has 3 aromatic carbocycles. The van der Waals surface area contributed by atoms with E-state index in [1.165, 1.54) is 24.3 Å². The van der Waals surface area contributed by atoms with Gasteiger partial charge in [0.25, 0.3) is 0 Å². The standard InChI is InChI=1S/C30H26ClN6O2S/c1-35(2)26-16-18-36(19-17-26)30(34-40(38,39)27-14-12-25(31)13-15-27)37-21-28(23-6-4-3-5-7-23)29(33-37)24-10-8-22(20-32)9-11-24/h3-19,28H,21H2,1-2H3/q+1/b34-30-. The van der Waals surface area contributed by atoms with Crippen LogP contribution in [0.5, 0.6) is 0 Å². The fraction of sp³-hybridized carbons (Fsp3) is 0.133. The average Bonchev–Trinajstić information content (AvgIpc) is 3.42. The van der Waals surface area contributed by atoms with Crippen LogP contribution in [0.1, 0.15) is 22.6 Å². The van der Waals surface area contributed by atoms with Gasteiger partial charge in [0.05, 0.1) is 35.7 Å². The number of rotatable bonds is 5. The second-order valence-electron chi connectivity index (χ2n) is 9.40. The molecule has 0 saturated carbocycles. The number of hydrogen-bond donors (Lipinski definition) is 0. The van der Waals surface area contributed by atoms with Crippen LogP contribution in [0.2, 0.25) is 5.02 Å². The van der Waals surface area contributed by atoms with Crippen molar-refractivity contribution in [1.82, 2.24) is 5.01 Å². The minimum Gasteiger partial charge on any atom is -0.377 e. The van der Waals surface area contributed by atoms with Gasteiger partial charge in [0.1, 0.15) is 11.4 Å². The van der Waals surface area contributed by atoms with Crippen LogP contribution in [0.15, 0.2) is 118 Å². The minimum absolute atomic E-state index is 0.0232. The van der Waals surface area contributed by atoms with Crippen LogP contribution < -0.4 is 9.47 Å². The van der Waals surface area contributed by atoms with Gasteiger partial charge in [-0.05, 0) is 59.7 Å². The highest BCUT2D eigenvalue weighted by Gasteiger charge is 2.39. The summed E-state index contributed by atoms with van der Waals surface area (Å²) < 4.78 is 32.9. The second-order valence-corrected chi connectivity index (χ2v) is 11.4. The zero-order chi connectivity index (χ0) is 28.3. The maximum atomic E-state index is 13.5. The van der Waals surface area contributed by atoms with Gasteiger partial charge in [-0.1, -0.05) is 54.1 Å². The Balaban J connectivity index is 1.65. The number of nitriles is 1. The van der Waals surface area contributed by atoms with Crippen molar-refractivity contribution < 1.29 is 13.0 Å². The molecule has 1 aliphatic rings. The zero-order valence-corrected chi connectivity index (χ0v) is 23.5. The summed E-state index contributed by atoms with van der Waals surface area (Å²) in [5, 5.41) is 16.2. The monoisotopic (exact) mass is 569 g/mol. The lowest BCUT2D eigenvalue weighted by Crippen LogP contribution is -2.51. The van der Waals surface area contributed by atoms with Crippen LogP contribution in [0.25, 0.3) is 0 Å². The molecule has 0 amide bonds. The Bertz CT molecular complexity index is 1710. The SMILES string of the molecule is CN(C)c1cc[n+](/C(=N/S(=O)(=O)c2ccc(Cl)cc2)N2CC(c3ccccc3)C(c3ccc(C#N)cc3)=N2)cc1. The van der Waals surface area contributed by atoms with Crippen LogP contribution in [0.4, 0.5) is 5.69 Å². The first-order chi connectivity index (χ1) is 19.2. The topological polar surface area (TPSA) is 93.0 Å². The van der Waals surface area contributed by atoms with E-state index in [0.717, 1.165) is 22.5 Å². The molecule has 0 spiro atoms. The molecule has 0 fully saturated rings. The fourth-order valence-electron chi connectivity index (χ4n) is 4.39. The third kappa shape index (κ3) is 5.73. The highest BCUT2D eigenvalue weighted by atomic mass is 35.5. The van der Waals surface area contributed by atoms with E-state index in [2.05, 4.69) is 10.5 Å². The first-order valence-corrected chi connectivity index (χ1v) is 14.3. The molecule has 0 aliphatic carbocycles. The van der Waals surface area contributed by atoms with Crippen molar-refractivity contribution in [2.75, 3.05) is 25.5 Å². The van der Waals surface area contributed by atoms with Crippen molar-refractivity contribution >= 4 is 39.0 Å². The van der Waals surface area contributed by atoms with Crippen molar-refractivity contribution in [2.45, 2.75) is 10.8 Å². The molecule has 8 nitrogen and oxygen atoms in total. The van der Waals surface area contributed by atoms with Crippen molar-refractivity contribution in [3.05, 3.63) is 125 Å². The van der Waals surface area contributed by atoms with Gasteiger partial charge < -0.3 is 4.90 Å². The van der Waals surface area contributed by atoms with E-state index in [4.69, 9.17) is 16.7 Å². The number of sulfonamides is 1. The van der Waals surface area contributed by atoms with Crippen LogP contribution in [-0.4, -0.2) is 45.7 Å². The zero-order valence-electron chi connectivity index (χ0n) is 21.9. The Hall–Kier alpha value is -4.52. The van der Waals surface area contributed by atoms with E-state index in [0.29, 0.717) is 17.1 Å². The van der Waals surface area contributed by atoms with Crippen LogP contribution in [0.3, 0.4) is 0 Å². The summed E-state index contributed by atoms with van der Waals surface area (Å²) in [6.45, 7) is 0.358. The van der Waals surface area contributed by atoms with E-state index in [1.54, 1.807) is 34.1 Å². The largest absolute Gasteiger partial charge is 0.434 e. The smallest absolute Gasteiger partial charge is 0.377 e. The molecule has 1 aliphatic heterocycles. The van der Waals surface area contributed by atoms with Crippen molar-refractivity contribution in [3.8, 4) is 6.07 Å². The Labute approximate surface area is 238 Å². The molecule has 0 radical (unpaired) electrons. The van der Waals surface area contributed by atoms with E-state index < -0.39 is 10.0 Å². The number of hydrogen-bond acceptors (Lipinski definition) is 5. The maximum Gasteiger partial charge on any atom is 0.434 e.